The van der Waals surface area contributed by atoms with E-state index in [9.17, 15) is 14.9 Å². The summed E-state index contributed by atoms with van der Waals surface area (Å²) in [6, 6.07) is 0. The Kier molecular flexibility index (Phi) is 14.9. The molecule has 0 aliphatic rings. The predicted molar refractivity (Wildman–Crippen MR) is 62.2 cm³/mol. The van der Waals surface area contributed by atoms with E-state index in [0.29, 0.717) is 6.42 Å². The molecule has 0 saturated heterocycles. The lowest BCUT2D eigenvalue weighted by atomic mass is 10.3. The van der Waals surface area contributed by atoms with Crippen LogP contribution in [0.15, 0.2) is 0 Å². The van der Waals surface area contributed by atoms with Gasteiger partial charge in [-0.05, 0) is 19.4 Å². The Balaban J connectivity index is 0. The summed E-state index contributed by atoms with van der Waals surface area (Å²) in [5.41, 5.74) is 0. The summed E-state index contributed by atoms with van der Waals surface area (Å²) in [5, 5.41) is 20.5. The average molecular weight is 234 g/mol. The summed E-state index contributed by atoms with van der Waals surface area (Å²) in [5.74, 6) is -0.786. The molecule has 0 aromatic rings. The zero-order valence-electron chi connectivity index (χ0n) is 10.1. The fourth-order valence-electron chi connectivity index (χ4n) is 0.784. The van der Waals surface area contributed by atoms with Crippen molar-refractivity contribution >= 4 is 5.97 Å². The highest BCUT2D eigenvalue weighted by Gasteiger charge is 1.92. The van der Waals surface area contributed by atoms with E-state index in [0.717, 1.165) is 25.8 Å². The minimum absolute atomic E-state index is 0.0833. The molecule has 0 aromatic heterocycles. The van der Waals surface area contributed by atoms with Gasteiger partial charge in [0.05, 0.1) is 6.54 Å². The van der Waals surface area contributed by atoms with Crippen molar-refractivity contribution in [3.63, 3.8) is 0 Å². The van der Waals surface area contributed by atoms with E-state index in [1.54, 1.807) is 0 Å². The Morgan fingerprint density at radius 2 is 1.88 bits per heavy atom. The molecule has 0 fully saturated rings. The van der Waals surface area contributed by atoms with E-state index in [-0.39, 0.29) is 18.0 Å². The summed E-state index contributed by atoms with van der Waals surface area (Å²) in [6.07, 6.45) is 3.76. The van der Waals surface area contributed by atoms with Gasteiger partial charge in [-0.2, -0.15) is 0 Å². The first-order valence-corrected chi connectivity index (χ1v) is 5.58. The maximum absolute atomic E-state index is 9.90. The average Bonchev–Trinajstić information content (AvgIpc) is 2.22. The van der Waals surface area contributed by atoms with Gasteiger partial charge in [0.15, 0.2) is 0 Å². The van der Waals surface area contributed by atoms with Gasteiger partial charge in [0, 0.05) is 11.3 Å². The summed E-state index contributed by atoms with van der Waals surface area (Å²) >= 11 is 0. The van der Waals surface area contributed by atoms with Crippen LogP contribution in [-0.2, 0) is 4.79 Å². The highest BCUT2D eigenvalue weighted by molar-refractivity contribution is 5.68. The zero-order chi connectivity index (χ0) is 12.8. The first-order valence-electron chi connectivity index (χ1n) is 5.58. The van der Waals surface area contributed by atoms with E-state index >= 15 is 0 Å². The third-order valence-corrected chi connectivity index (χ3v) is 1.68. The Morgan fingerprint density at radius 1 is 1.31 bits per heavy atom. The molecule has 96 valence electrons. The van der Waals surface area contributed by atoms with E-state index in [1.165, 1.54) is 0 Å². The SMILES string of the molecule is CCCCNCC(=O)O.CCCC[N+](=O)[O-]. The fourth-order valence-corrected chi connectivity index (χ4v) is 0.784. The van der Waals surface area contributed by atoms with Crippen molar-refractivity contribution < 1.29 is 14.8 Å². The van der Waals surface area contributed by atoms with Gasteiger partial charge in [0.25, 0.3) is 0 Å². The van der Waals surface area contributed by atoms with E-state index in [2.05, 4.69) is 12.2 Å². The number of nitrogens with one attached hydrogen (secondary N) is 1. The molecule has 16 heavy (non-hydrogen) atoms. The molecule has 0 saturated carbocycles. The molecule has 0 spiro atoms. The van der Waals surface area contributed by atoms with Crippen LogP contribution in [0, 0.1) is 10.1 Å². The molecule has 6 nitrogen and oxygen atoms in total. The van der Waals surface area contributed by atoms with Crippen LogP contribution in [0.5, 0.6) is 0 Å². The van der Waals surface area contributed by atoms with Crippen molar-refractivity contribution in [3.8, 4) is 0 Å². The van der Waals surface area contributed by atoms with Gasteiger partial charge in [-0.1, -0.05) is 20.3 Å². The number of hydrogen-bond acceptors (Lipinski definition) is 4. The quantitative estimate of drug-likeness (QED) is 0.377. The predicted octanol–water partition coefficient (Wildman–Crippen LogP) is 1.52. The van der Waals surface area contributed by atoms with E-state index in [4.69, 9.17) is 5.11 Å². The number of hydrogen-bond donors (Lipinski definition) is 2. The second-order valence-electron chi connectivity index (χ2n) is 3.33. The van der Waals surface area contributed by atoms with Crippen LogP contribution >= 0.6 is 0 Å². The third-order valence-electron chi connectivity index (χ3n) is 1.68. The lowest BCUT2D eigenvalue weighted by molar-refractivity contribution is -0.480. The van der Waals surface area contributed by atoms with Gasteiger partial charge in [-0.25, -0.2) is 0 Å². The van der Waals surface area contributed by atoms with Gasteiger partial charge in [0.1, 0.15) is 0 Å². The maximum atomic E-state index is 9.90. The largest absolute Gasteiger partial charge is 0.480 e. The number of unbranched alkanes of at least 4 members (excludes halogenated alkanes) is 2. The molecule has 6 heteroatoms. The molecule has 0 unspecified atom stereocenters. The molecule has 0 aliphatic heterocycles. The van der Waals surface area contributed by atoms with Crippen molar-refractivity contribution in [3.05, 3.63) is 10.1 Å². The van der Waals surface area contributed by atoms with Crippen LogP contribution in [0.25, 0.3) is 0 Å². The fraction of sp³-hybridized carbons (Fsp3) is 0.900. The molecule has 0 bridgehead atoms. The molecule has 2 N–H and O–H groups in total. The van der Waals surface area contributed by atoms with Gasteiger partial charge in [0.2, 0.25) is 6.54 Å². The van der Waals surface area contributed by atoms with Gasteiger partial charge in [-0.3, -0.25) is 14.9 Å². The van der Waals surface area contributed by atoms with E-state index in [1.807, 2.05) is 6.92 Å². The van der Waals surface area contributed by atoms with Crippen LogP contribution in [-0.4, -0.2) is 35.6 Å². The molecule has 0 amide bonds. The van der Waals surface area contributed by atoms with E-state index < -0.39 is 5.97 Å². The minimum Gasteiger partial charge on any atom is -0.480 e. The number of nitro groups is 1. The highest BCUT2D eigenvalue weighted by atomic mass is 16.6. The van der Waals surface area contributed by atoms with Crippen LogP contribution in [0.1, 0.15) is 39.5 Å². The molecule has 0 aromatic carbocycles. The molecular weight excluding hydrogens is 212 g/mol. The molecular formula is C10H22N2O4. The highest BCUT2D eigenvalue weighted by Crippen LogP contribution is 1.84. The molecule has 0 atom stereocenters. The van der Waals surface area contributed by atoms with Crippen LogP contribution < -0.4 is 5.32 Å². The first kappa shape index (κ1) is 17.2. The van der Waals surface area contributed by atoms with Crippen LogP contribution in [0.4, 0.5) is 0 Å². The smallest absolute Gasteiger partial charge is 0.317 e. The van der Waals surface area contributed by atoms with Crippen molar-refractivity contribution in [1.29, 1.82) is 0 Å². The molecule has 0 aliphatic carbocycles. The standard InChI is InChI=1S/C6H13NO2.C4H9NO2/c1-2-3-4-7-5-6(8)9;1-2-3-4-5(6)7/h7H,2-5H2,1H3,(H,8,9);2-4H2,1H3. The summed E-state index contributed by atoms with van der Waals surface area (Å²) < 4.78 is 0. The summed E-state index contributed by atoms with van der Waals surface area (Å²) in [7, 11) is 0. The topological polar surface area (TPSA) is 92.5 Å². The minimum atomic E-state index is -0.786. The number of rotatable bonds is 8. The van der Waals surface area contributed by atoms with Gasteiger partial charge >= 0.3 is 5.97 Å². The number of carbonyl (C=O) groups is 1. The number of aliphatic carboxylic acids is 1. The van der Waals surface area contributed by atoms with Gasteiger partial charge in [-0.15, -0.1) is 0 Å². The van der Waals surface area contributed by atoms with Crippen LogP contribution in [0.3, 0.4) is 0 Å². The third kappa shape index (κ3) is 23.0. The lowest BCUT2D eigenvalue weighted by Gasteiger charge is -1.96. The first-order chi connectivity index (χ1) is 7.54. The molecule has 0 rings (SSSR count). The Hall–Kier alpha value is -1.17. The summed E-state index contributed by atoms with van der Waals surface area (Å²) in [4.78, 5) is 19.2. The van der Waals surface area contributed by atoms with Crippen molar-refractivity contribution in [2.24, 2.45) is 0 Å². The number of nitrogens with zero attached hydrogens (tertiary/aromatic N) is 1. The molecule has 0 heterocycles. The monoisotopic (exact) mass is 234 g/mol. The molecule has 0 radical (unpaired) electrons. The maximum Gasteiger partial charge on any atom is 0.317 e. The van der Waals surface area contributed by atoms with Crippen molar-refractivity contribution in [1.82, 2.24) is 5.32 Å². The number of carboxylic acid groups (broad SMARTS) is 1. The number of carboxylic acids is 1. The Bertz CT molecular complexity index is 186. The van der Waals surface area contributed by atoms with Crippen molar-refractivity contribution in [2.45, 2.75) is 39.5 Å². The van der Waals surface area contributed by atoms with Gasteiger partial charge < -0.3 is 10.4 Å². The Labute approximate surface area is 96.2 Å². The summed E-state index contributed by atoms with van der Waals surface area (Å²) in [6.45, 7) is 5.02. The zero-order valence-corrected chi connectivity index (χ0v) is 10.1. The normalized spacial score (nSPS) is 9.12. The van der Waals surface area contributed by atoms with Crippen LogP contribution in [0.2, 0.25) is 0 Å². The van der Waals surface area contributed by atoms with Crippen molar-refractivity contribution in [2.75, 3.05) is 19.6 Å². The lowest BCUT2D eigenvalue weighted by Crippen LogP contribution is -2.23. The second kappa shape index (κ2) is 13.8. The second-order valence-corrected chi connectivity index (χ2v) is 3.33. The Morgan fingerprint density at radius 3 is 2.19 bits per heavy atom.